The first-order valence-electron chi connectivity index (χ1n) is 10.6. The van der Waals surface area contributed by atoms with Gasteiger partial charge < -0.3 is 15.1 Å². The van der Waals surface area contributed by atoms with E-state index < -0.39 is 0 Å². The van der Waals surface area contributed by atoms with Crippen molar-refractivity contribution in [2.75, 3.05) is 36.4 Å². The molecule has 0 atom stereocenters. The van der Waals surface area contributed by atoms with Crippen molar-refractivity contribution in [1.82, 2.24) is 4.90 Å². The van der Waals surface area contributed by atoms with Crippen LogP contribution < -0.4 is 10.2 Å². The van der Waals surface area contributed by atoms with E-state index >= 15 is 0 Å². The molecule has 29 heavy (non-hydrogen) atoms. The number of carbonyl (C=O) groups excluding carboxylic acids is 2. The molecule has 1 heterocycles. The number of nitrogens with one attached hydrogen (secondary N) is 1. The van der Waals surface area contributed by atoms with Crippen molar-refractivity contribution in [2.24, 2.45) is 0 Å². The number of hydrogen-bond acceptors (Lipinski definition) is 3. The number of carbonyl (C=O) groups is 2. The highest BCUT2D eigenvalue weighted by molar-refractivity contribution is 6.06. The van der Waals surface area contributed by atoms with Crippen LogP contribution in [0.15, 0.2) is 42.5 Å². The molecule has 5 heteroatoms. The summed E-state index contributed by atoms with van der Waals surface area (Å²) < 4.78 is 0. The summed E-state index contributed by atoms with van der Waals surface area (Å²) in [6, 6.07) is 13.1. The second-order valence-corrected chi connectivity index (χ2v) is 7.56. The van der Waals surface area contributed by atoms with Crippen LogP contribution in [0.4, 0.5) is 11.4 Å². The standard InChI is InChI=1S/C24H31N3O2/c1-4-26(5-2)21-12-13-22(18(3)16-21)25-23(28)19-10-9-11-20(17-19)24(29)27-14-7-6-8-15-27/h9-13,16-17H,4-8,14-15H2,1-3H3,(H,25,28). The number of likely N-dealkylation sites (tertiary alicyclic amines) is 1. The topological polar surface area (TPSA) is 52.7 Å². The molecule has 1 saturated heterocycles. The SMILES string of the molecule is CCN(CC)c1ccc(NC(=O)c2cccc(C(=O)N3CCCCC3)c2)c(C)c1. The van der Waals surface area contributed by atoms with Crippen LogP contribution >= 0.6 is 0 Å². The minimum Gasteiger partial charge on any atom is -0.372 e. The lowest BCUT2D eigenvalue weighted by Crippen LogP contribution is -2.35. The first-order chi connectivity index (χ1) is 14.0. The molecule has 2 aromatic carbocycles. The summed E-state index contributed by atoms with van der Waals surface area (Å²) in [7, 11) is 0. The monoisotopic (exact) mass is 393 g/mol. The zero-order chi connectivity index (χ0) is 20.8. The summed E-state index contributed by atoms with van der Waals surface area (Å²) in [6.45, 7) is 9.75. The molecule has 1 aliphatic rings. The Morgan fingerprint density at radius 2 is 1.66 bits per heavy atom. The Bertz CT molecular complexity index is 868. The van der Waals surface area contributed by atoms with E-state index in [0.717, 1.165) is 56.0 Å². The molecule has 154 valence electrons. The maximum atomic E-state index is 12.8. The Morgan fingerprint density at radius 1 is 0.966 bits per heavy atom. The number of hydrogen-bond donors (Lipinski definition) is 1. The first kappa shape index (κ1) is 20.9. The third-order valence-corrected chi connectivity index (χ3v) is 5.60. The summed E-state index contributed by atoms with van der Waals surface area (Å²) in [4.78, 5) is 29.7. The molecular formula is C24H31N3O2. The van der Waals surface area contributed by atoms with Gasteiger partial charge in [0.05, 0.1) is 0 Å². The van der Waals surface area contributed by atoms with Crippen molar-refractivity contribution in [2.45, 2.75) is 40.0 Å². The second kappa shape index (κ2) is 9.59. The van der Waals surface area contributed by atoms with Crippen molar-refractivity contribution in [3.8, 4) is 0 Å². The van der Waals surface area contributed by atoms with Gasteiger partial charge in [-0.3, -0.25) is 9.59 Å². The highest BCUT2D eigenvalue weighted by atomic mass is 16.2. The Kier molecular flexibility index (Phi) is 6.91. The van der Waals surface area contributed by atoms with E-state index in [9.17, 15) is 9.59 Å². The highest BCUT2D eigenvalue weighted by Crippen LogP contribution is 2.23. The molecule has 3 rings (SSSR count). The molecule has 2 amide bonds. The summed E-state index contributed by atoms with van der Waals surface area (Å²) in [5.41, 5.74) is 4.04. The van der Waals surface area contributed by atoms with Crippen LogP contribution in [0.5, 0.6) is 0 Å². The number of piperidine rings is 1. The normalized spacial score (nSPS) is 13.8. The van der Waals surface area contributed by atoms with E-state index in [0.29, 0.717) is 11.1 Å². The lowest BCUT2D eigenvalue weighted by molar-refractivity contribution is 0.0724. The van der Waals surface area contributed by atoms with Crippen LogP contribution in [0.25, 0.3) is 0 Å². The number of rotatable bonds is 6. The molecule has 0 aromatic heterocycles. The van der Waals surface area contributed by atoms with E-state index in [4.69, 9.17) is 0 Å². The highest BCUT2D eigenvalue weighted by Gasteiger charge is 2.19. The molecule has 1 aliphatic heterocycles. The van der Waals surface area contributed by atoms with Crippen molar-refractivity contribution >= 4 is 23.2 Å². The third-order valence-electron chi connectivity index (χ3n) is 5.60. The summed E-state index contributed by atoms with van der Waals surface area (Å²) in [5, 5.41) is 2.99. The zero-order valence-electron chi connectivity index (χ0n) is 17.7. The second-order valence-electron chi connectivity index (χ2n) is 7.56. The van der Waals surface area contributed by atoms with E-state index in [1.807, 2.05) is 24.0 Å². The van der Waals surface area contributed by atoms with E-state index in [-0.39, 0.29) is 11.8 Å². The smallest absolute Gasteiger partial charge is 0.255 e. The molecule has 0 radical (unpaired) electrons. The lowest BCUT2D eigenvalue weighted by atomic mass is 10.1. The van der Waals surface area contributed by atoms with Gasteiger partial charge in [0.25, 0.3) is 11.8 Å². The van der Waals surface area contributed by atoms with Crippen LogP contribution in [0.3, 0.4) is 0 Å². The molecule has 0 spiro atoms. The lowest BCUT2D eigenvalue weighted by Gasteiger charge is -2.26. The number of anilines is 2. The number of benzene rings is 2. The molecule has 1 N–H and O–H groups in total. The fraction of sp³-hybridized carbons (Fsp3) is 0.417. The van der Waals surface area contributed by atoms with Gasteiger partial charge in [0.2, 0.25) is 0 Å². The summed E-state index contributed by atoms with van der Waals surface area (Å²) >= 11 is 0. The van der Waals surface area contributed by atoms with Gasteiger partial charge in [-0.15, -0.1) is 0 Å². The van der Waals surface area contributed by atoms with E-state index in [2.05, 4.69) is 30.1 Å². The molecule has 0 unspecified atom stereocenters. The van der Waals surface area contributed by atoms with Gasteiger partial charge in [-0.05, 0) is 82.0 Å². The number of aryl methyl sites for hydroxylation is 1. The van der Waals surface area contributed by atoms with E-state index in [1.165, 1.54) is 6.42 Å². The minimum atomic E-state index is -0.197. The van der Waals surface area contributed by atoms with Gasteiger partial charge >= 0.3 is 0 Å². The van der Waals surface area contributed by atoms with Crippen LogP contribution in [-0.4, -0.2) is 42.9 Å². The van der Waals surface area contributed by atoms with Crippen molar-refractivity contribution in [3.63, 3.8) is 0 Å². The Hall–Kier alpha value is -2.82. The predicted octanol–water partition coefficient (Wildman–Crippen LogP) is 4.72. The maximum Gasteiger partial charge on any atom is 0.255 e. The third kappa shape index (κ3) is 4.97. The molecule has 2 aromatic rings. The largest absolute Gasteiger partial charge is 0.372 e. The van der Waals surface area contributed by atoms with Crippen LogP contribution in [-0.2, 0) is 0 Å². The van der Waals surface area contributed by atoms with Crippen molar-refractivity contribution in [3.05, 3.63) is 59.2 Å². The van der Waals surface area contributed by atoms with Crippen LogP contribution in [0, 0.1) is 6.92 Å². The van der Waals surface area contributed by atoms with Gasteiger partial charge in [0.1, 0.15) is 0 Å². The maximum absolute atomic E-state index is 12.8. The summed E-state index contributed by atoms with van der Waals surface area (Å²) in [5.74, 6) is -0.184. The average molecular weight is 394 g/mol. The predicted molar refractivity (Wildman–Crippen MR) is 119 cm³/mol. The van der Waals surface area contributed by atoms with E-state index in [1.54, 1.807) is 24.3 Å². The van der Waals surface area contributed by atoms with Gasteiger partial charge in [-0.1, -0.05) is 6.07 Å². The molecule has 0 aliphatic carbocycles. The first-order valence-corrected chi connectivity index (χ1v) is 10.6. The number of nitrogens with zero attached hydrogens (tertiary/aromatic N) is 2. The quantitative estimate of drug-likeness (QED) is 0.773. The van der Waals surface area contributed by atoms with Crippen LogP contribution in [0.2, 0.25) is 0 Å². The van der Waals surface area contributed by atoms with Gasteiger partial charge in [0, 0.05) is 48.7 Å². The average Bonchev–Trinajstić information content (AvgIpc) is 2.76. The Morgan fingerprint density at radius 3 is 2.31 bits per heavy atom. The zero-order valence-corrected chi connectivity index (χ0v) is 17.7. The number of amides is 2. The van der Waals surface area contributed by atoms with Crippen molar-refractivity contribution < 1.29 is 9.59 Å². The van der Waals surface area contributed by atoms with Gasteiger partial charge in [-0.25, -0.2) is 0 Å². The Balaban J connectivity index is 1.73. The van der Waals surface area contributed by atoms with Crippen LogP contribution in [0.1, 0.15) is 59.4 Å². The molecule has 1 fully saturated rings. The van der Waals surface area contributed by atoms with Gasteiger partial charge in [0.15, 0.2) is 0 Å². The van der Waals surface area contributed by atoms with Gasteiger partial charge in [-0.2, -0.15) is 0 Å². The Labute approximate surface area is 173 Å². The minimum absolute atomic E-state index is 0.0131. The fourth-order valence-corrected chi connectivity index (χ4v) is 3.84. The van der Waals surface area contributed by atoms with Crippen molar-refractivity contribution in [1.29, 1.82) is 0 Å². The molecule has 0 saturated carbocycles. The summed E-state index contributed by atoms with van der Waals surface area (Å²) in [6.07, 6.45) is 3.28. The molecular weight excluding hydrogens is 362 g/mol. The fourth-order valence-electron chi connectivity index (χ4n) is 3.84. The molecule has 5 nitrogen and oxygen atoms in total. The molecule has 0 bridgehead atoms.